The Morgan fingerprint density at radius 2 is 1.24 bits per heavy atom. The van der Waals surface area contributed by atoms with Crippen LogP contribution in [-0.2, 0) is 0 Å². The van der Waals surface area contributed by atoms with Gasteiger partial charge in [0.25, 0.3) is 0 Å². The monoisotopic (exact) mass is 438 g/mol. The van der Waals surface area contributed by atoms with Gasteiger partial charge in [-0.15, -0.1) is 0 Å². The summed E-state index contributed by atoms with van der Waals surface area (Å²) in [6, 6.07) is 19.2. The number of aromatic nitrogens is 3. The smallest absolute Gasteiger partial charge is 0.227 e. The molecule has 6 nitrogen and oxygen atoms in total. The molecule has 0 unspecified atom stereocenters. The SMILES string of the molecule is Cc1cc(N2CCN(c3nc(N4CCCCC4)nc4ccccc34)CC2)c2ccccc2n1. The number of pyridine rings is 1. The van der Waals surface area contributed by atoms with E-state index in [1.165, 1.54) is 30.3 Å². The molecule has 2 fully saturated rings. The fourth-order valence-electron chi connectivity index (χ4n) is 5.23. The maximum atomic E-state index is 5.12. The third kappa shape index (κ3) is 3.84. The number of piperidine rings is 1. The molecule has 2 saturated heterocycles. The standard InChI is InChI=1S/C27H30N6/c1-20-19-25(21-9-3-5-11-23(21)28-20)31-15-17-32(18-16-31)26-22-10-4-6-12-24(22)29-27(30-26)33-13-7-2-8-14-33/h3-6,9-12,19H,2,7-8,13-18H2,1H3. The number of fused-ring (bicyclic) bond motifs is 2. The van der Waals surface area contributed by atoms with Crippen molar-refractivity contribution in [3.8, 4) is 0 Å². The van der Waals surface area contributed by atoms with E-state index in [1.807, 2.05) is 0 Å². The molecule has 0 radical (unpaired) electrons. The van der Waals surface area contributed by atoms with Crippen LogP contribution < -0.4 is 14.7 Å². The Labute approximate surface area is 194 Å². The van der Waals surface area contributed by atoms with E-state index in [4.69, 9.17) is 15.0 Å². The molecule has 2 aliphatic rings. The van der Waals surface area contributed by atoms with Crippen LogP contribution in [0.1, 0.15) is 25.0 Å². The fraction of sp³-hybridized carbons (Fsp3) is 0.370. The van der Waals surface area contributed by atoms with E-state index in [0.29, 0.717) is 0 Å². The van der Waals surface area contributed by atoms with Gasteiger partial charge < -0.3 is 14.7 Å². The van der Waals surface area contributed by atoms with Gasteiger partial charge in [-0.25, -0.2) is 4.98 Å². The van der Waals surface area contributed by atoms with Gasteiger partial charge in [-0.1, -0.05) is 30.3 Å². The van der Waals surface area contributed by atoms with Crippen molar-refractivity contribution in [1.82, 2.24) is 15.0 Å². The minimum absolute atomic E-state index is 0.890. The molecule has 4 heterocycles. The second-order valence-corrected chi connectivity index (χ2v) is 9.19. The highest BCUT2D eigenvalue weighted by Gasteiger charge is 2.24. The van der Waals surface area contributed by atoms with Crippen molar-refractivity contribution < 1.29 is 0 Å². The van der Waals surface area contributed by atoms with E-state index in [-0.39, 0.29) is 0 Å². The quantitative estimate of drug-likeness (QED) is 0.458. The molecule has 2 aliphatic heterocycles. The predicted molar refractivity (Wildman–Crippen MR) is 137 cm³/mol. The molecule has 4 aromatic rings. The van der Waals surface area contributed by atoms with E-state index in [0.717, 1.165) is 73.1 Å². The molecule has 0 bridgehead atoms. The molecule has 33 heavy (non-hydrogen) atoms. The number of nitrogens with zero attached hydrogens (tertiary/aromatic N) is 6. The average Bonchev–Trinajstić information content (AvgIpc) is 2.88. The van der Waals surface area contributed by atoms with Crippen molar-refractivity contribution in [2.45, 2.75) is 26.2 Å². The number of hydrogen-bond acceptors (Lipinski definition) is 6. The molecule has 0 amide bonds. The van der Waals surface area contributed by atoms with Crippen molar-refractivity contribution in [1.29, 1.82) is 0 Å². The number of piperazine rings is 1. The fourth-order valence-corrected chi connectivity index (χ4v) is 5.23. The van der Waals surface area contributed by atoms with Gasteiger partial charge >= 0.3 is 0 Å². The normalized spacial score (nSPS) is 17.2. The largest absolute Gasteiger partial charge is 0.367 e. The highest BCUT2D eigenvalue weighted by atomic mass is 15.3. The number of aryl methyl sites for hydroxylation is 1. The molecule has 168 valence electrons. The molecule has 0 N–H and O–H groups in total. The highest BCUT2D eigenvalue weighted by Crippen LogP contribution is 2.31. The first-order chi connectivity index (χ1) is 16.3. The summed E-state index contributed by atoms with van der Waals surface area (Å²) < 4.78 is 0. The zero-order valence-corrected chi connectivity index (χ0v) is 19.2. The first kappa shape index (κ1) is 20.2. The topological polar surface area (TPSA) is 48.4 Å². The number of anilines is 3. The van der Waals surface area contributed by atoms with Crippen LogP contribution >= 0.6 is 0 Å². The van der Waals surface area contributed by atoms with Crippen molar-refractivity contribution >= 4 is 39.3 Å². The van der Waals surface area contributed by atoms with Gasteiger partial charge in [0.1, 0.15) is 5.82 Å². The summed E-state index contributed by atoms with van der Waals surface area (Å²) in [4.78, 5) is 22.1. The molecule has 0 saturated carbocycles. The van der Waals surface area contributed by atoms with Crippen molar-refractivity contribution in [2.75, 3.05) is 54.0 Å². The maximum Gasteiger partial charge on any atom is 0.227 e. The number of hydrogen-bond donors (Lipinski definition) is 0. The lowest BCUT2D eigenvalue weighted by Gasteiger charge is -2.38. The highest BCUT2D eigenvalue weighted by molar-refractivity contribution is 5.93. The summed E-state index contributed by atoms with van der Waals surface area (Å²) in [5, 5.41) is 2.38. The zero-order chi connectivity index (χ0) is 22.2. The summed E-state index contributed by atoms with van der Waals surface area (Å²) in [5.74, 6) is 1.97. The Kier molecular flexibility index (Phi) is 5.21. The van der Waals surface area contributed by atoms with E-state index < -0.39 is 0 Å². The third-order valence-electron chi connectivity index (χ3n) is 6.95. The second kappa shape index (κ2) is 8.50. The van der Waals surface area contributed by atoms with Crippen LogP contribution in [0.4, 0.5) is 17.5 Å². The Morgan fingerprint density at radius 1 is 0.606 bits per heavy atom. The van der Waals surface area contributed by atoms with Crippen LogP contribution in [0.5, 0.6) is 0 Å². The lowest BCUT2D eigenvalue weighted by molar-refractivity contribution is 0.568. The summed E-state index contributed by atoms with van der Waals surface area (Å²) in [5.41, 5.74) is 4.47. The first-order valence-electron chi connectivity index (χ1n) is 12.1. The Bertz CT molecular complexity index is 1290. The first-order valence-corrected chi connectivity index (χ1v) is 12.1. The lowest BCUT2D eigenvalue weighted by Crippen LogP contribution is -2.47. The van der Waals surface area contributed by atoms with Crippen LogP contribution in [-0.4, -0.2) is 54.2 Å². The van der Waals surface area contributed by atoms with E-state index in [1.54, 1.807) is 0 Å². The minimum Gasteiger partial charge on any atom is -0.367 e. The van der Waals surface area contributed by atoms with Crippen molar-refractivity contribution in [2.24, 2.45) is 0 Å². The van der Waals surface area contributed by atoms with Gasteiger partial charge in [0, 0.05) is 61.4 Å². The van der Waals surface area contributed by atoms with Gasteiger partial charge in [-0.3, -0.25) is 4.98 Å². The minimum atomic E-state index is 0.890. The Morgan fingerprint density at radius 3 is 2.00 bits per heavy atom. The summed E-state index contributed by atoms with van der Waals surface area (Å²) >= 11 is 0. The molecule has 0 atom stereocenters. The van der Waals surface area contributed by atoms with Gasteiger partial charge in [0.15, 0.2) is 0 Å². The van der Waals surface area contributed by atoms with Gasteiger partial charge in [-0.2, -0.15) is 4.98 Å². The molecule has 2 aromatic heterocycles. The molecule has 0 spiro atoms. The van der Waals surface area contributed by atoms with Crippen LogP contribution in [0, 0.1) is 6.92 Å². The number of rotatable bonds is 3. The zero-order valence-electron chi connectivity index (χ0n) is 19.2. The maximum absolute atomic E-state index is 5.12. The second-order valence-electron chi connectivity index (χ2n) is 9.19. The number of para-hydroxylation sites is 2. The Balaban J connectivity index is 1.30. The van der Waals surface area contributed by atoms with E-state index in [9.17, 15) is 0 Å². The van der Waals surface area contributed by atoms with Crippen LogP contribution in [0.25, 0.3) is 21.8 Å². The predicted octanol–water partition coefficient (Wildman–Crippen LogP) is 4.80. The summed E-state index contributed by atoms with van der Waals surface area (Å²) in [6.07, 6.45) is 3.76. The average molecular weight is 439 g/mol. The molecule has 0 aliphatic carbocycles. The molecule has 6 heteroatoms. The summed E-state index contributed by atoms with van der Waals surface area (Å²) in [7, 11) is 0. The molecule has 6 rings (SSSR count). The van der Waals surface area contributed by atoms with Gasteiger partial charge in [0.2, 0.25) is 5.95 Å². The van der Waals surface area contributed by atoms with Crippen molar-refractivity contribution in [3.63, 3.8) is 0 Å². The van der Waals surface area contributed by atoms with Gasteiger partial charge in [-0.05, 0) is 50.5 Å². The molecule has 2 aromatic carbocycles. The van der Waals surface area contributed by atoms with Crippen LogP contribution in [0.3, 0.4) is 0 Å². The summed E-state index contributed by atoms with van der Waals surface area (Å²) in [6.45, 7) is 8.00. The Hall–Kier alpha value is -3.41. The van der Waals surface area contributed by atoms with Crippen molar-refractivity contribution in [3.05, 3.63) is 60.3 Å². The lowest BCUT2D eigenvalue weighted by atomic mass is 10.1. The third-order valence-corrected chi connectivity index (χ3v) is 6.95. The van der Waals surface area contributed by atoms with Crippen LogP contribution in [0.2, 0.25) is 0 Å². The number of benzene rings is 2. The van der Waals surface area contributed by atoms with Crippen LogP contribution in [0.15, 0.2) is 54.6 Å². The van der Waals surface area contributed by atoms with E-state index >= 15 is 0 Å². The van der Waals surface area contributed by atoms with Gasteiger partial charge in [0.05, 0.1) is 11.0 Å². The molecular weight excluding hydrogens is 408 g/mol. The molecular formula is C27H30N6. The van der Waals surface area contributed by atoms with E-state index in [2.05, 4.69) is 76.2 Å².